The van der Waals surface area contributed by atoms with Crippen LogP contribution >= 0.6 is 0 Å². The molecule has 0 aliphatic heterocycles. The summed E-state index contributed by atoms with van der Waals surface area (Å²) >= 11 is 0. The van der Waals surface area contributed by atoms with Gasteiger partial charge < -0.3 is 4.74 Å². The molecule has 3 aromatic rings. The second kappa shape index (κ2) is 4.10. The van der Waals surface area contributed by atoms with Crippen molar-refractivity contribution in [3.05, 3.63) is 42.5 Å². The molecule has 90 valence electrons. The number of nitrogens with zero attached hydrogens (tertiary/aromatic N) is 4. The van der Waals surface area contributed by atoms with Crippen molar-refractivity contribution in [2.75, 3.05) is 7.11 Å². The van der Waals surface area contributed by atoms with E-state index in [0.29, 0.717) is 5.88 Å². The third kappa shape index (κ3) is 1.60. The molecule has 0 saturated carbocycles. The standard InChI is InChI=1S/C13H12N4O/c1-9-12(10-4-5-11(18-2)15-8-10)13-14-6-3-7-17(13)16-9/h3-8H,1-2H3. The molecule has 18 heavy (non-hydrogen) atoms. The van der Waals surface area contributed by atoms with Crippen molar-refractivity contribution < 1.29 is 4.74 Å². The molecular weight excluding hydrogens is 228 g/mol. The molecule has 0 aliphatic rings. The molecule has 0 fully saturated rings. The maximum Gasteiger partial charge on any atom is 0.212 e. The summed E-state index contributed by atoms with van der Waals surface area (Å²) in [5, 5.41) is 4.43. The molecular formula is C13H12N4O. The van der Waals surface area contributed by atoms with Crippen LogP contribution in [0.15, 0.2) is 36.8 Å². The van der Waals surface area contributed by atoms with Crippen LogP contribution in [0.5, 0.6) is 5.88 Å². The molecule has 0 spiro atoms. The third-order valence-corrected chi connectivity index (χ3v) is 2.80. The Morgan fingerprint density at radius 3 is 2.83 bits per heavy atom. The van der Waals surface area contributed by atoms with E-state index in [4.69, 9.17) is 4.74 Å². The number of rotatable bonds is 2. The van der Waals surface area contributed by atoms with Gasteiger partial charge in [-0.3, -0.25) is 0 Å². The highest BCUT2D eigenvalue weighted by Crippen LogP contribution is 2.26. The maximum absolute atomic E-state index is 5.06. The van der Waals surface area contributed by atoms with E-state index in [2.05, 4.69) is 15.1 Å². The lowest BCUT2D eigenvalue weighted by Crippen LogP contribution is -1.89. The zero-order valence-electron chi connectivity index (χ0n) is 10.2. The Bertz CT molecular complexity index is 688. The summed E-state index contributed by atoms with van der Waals surface area (Å²) in [5.74, 6) is 0.598. The van der Waals surface area contributed by atoms with Gasteiger partial charge in [-0.1, -0.05) is 0 Å². The summed E-state index contributed by atoms with van der Waals surface area (Å²) in [6.07, 6.45) is 5.42. The molecule has 3 heterocycles. The highest BCUT2D eigenvalue weighted by Gasteiger charge is 2.12. The third-order valence-electron chi connectivity index (χ3n) is 2.80. The molecule has 0 bridgehead atoms. The average Bonchev–Trinajstić information content (AvgIpc) is 2.75. The Morgan fingerprint density at radius 1 is 1.22 bits per heavy atom. The summed E-state index contributed by atoms with van der Waals surface area (Å²) in [4.78, 5) is 8.58. The molecule has 3 aromatic heterocycles. The average molecular weight is 240 g/mol. The van der Waals surface area contributed by atoms with Crippen molar-refractivity contribution >= 4 is 5.65 Å². The fraction of sp³-hybridized carbons (Fsp3) is 0.154. The molecule has 0 radical (unpaired) electrons. The lowest BCUT2D eigenvalue weighted by atomic mass is 10.1. The van der Waals surface area contributed by atoms with E-state index in [-0.39, 0.29) is 0 Å². The van der Waals surface area contributed by atoms with E-state index in [1.807, 2.05) is 31.3 Å². The van der Waals surface area contributed by atoms with Gasteiger partial charge in [0.25, 0.3) is 0 Å². The van der Waals surface area contributed by atoms with E-state index >= 15 is 0 Å². The van der Waals surface area contributed by atoms with Gasteiger partial charge in [0, 0.05) is 30.2 Å². The Labute approximate surface area is 104 Å². The second-order valence-electron chi connectivity index (χ2n) is 3.94. The minimum Gasteiger partial charge on any atom is -0.481 e. The van der Waals surface area contributed by atoms with Crippen molar-refractivity contribution in [2.45, 2.75) is 6.92 Å². The van der Waals surface area contributed by atoms with Crippen LogP contribution in [0, 0.1) is 6.92 Å². The number of methoxy groups -OCH3 is 1. The summed E-state index contributed by atoms with van der Waals surface area (Å²) in [6.45, 7) is 1.97. The minimum atomic E-state index is 0.598. The van der Waals surface area contributed by atoms with E-state index < -0.39 is 0 Å². The topological polar surface area (TPSA) is 52.3 Å². The predicted molar refractivity (Wildman–Crippen MR) is 67.5 cm³/mol. The predicted octanol–water partition coefficient (Wildman–Crippen LogP) is 2.11. The first-order chi connectivity index (χ1) is 8.79. The van der Waals surface area contributed by atoms with Crippen LogP contribution in [0.25, 0.3) is 16.8 Å². The van der Waals surface area contributed by atoms with Crippen LogP contribution in [0.3, 0.4) is 0 Å². The first-order valence-electron chi connectivity index (χ1n) is 5.60. The Balaban J connectivity index is 2.20. The number of pyridine rings is 1. The van der Waals surface area contributed by atoms with Crippen LogP contribution in [0.1, 0.15) is 5.69 Å². The molecule has 0 unspecified atom stereocenters. The van der Waals surface area contributed by atoms with Crippen LogP contribution in [0.4, 0.5) is 0 Å². The van der Waals surface area contributed by atoms with Gasteiger partial charge in [-0.2, -0.15) is 5.10 Å². The molecule has 3 rings (SSSR count). The summed E-state index contributed by atoms with van der Waals surface area (Å²) in [7, 11) is 1.60. The lowest BCUT2D eigenvalue weighted by molar-refractivity contribution is 0.398. The van der Waals surface area contributed by atoms with Crippen molar-refractivity contribution in [1.29, 1.82) is 0 Å². The van der Waals surface area contributed by atoms with Gasteiger partial charge >= 0.3 is 0 Å². The molecule has 0 amide bonds. The number of ether oxygens (including phenoxy) is 1. The fourth-order valence-electron chi connectivity index (χ4n) is 1.98. The van der Waals surface area contributed by atoms with Gasteiger partial charge in [-0.15, -0.1) is 0 Å². The van der Waals surface area contributed by atoms with Crippen LogP contribution in [-0.4, -0.2) is 26.7 Å². The first-order valence-corrected chi connectivity index (χ1v) is 5.60. The molecule has 0 atom stereocenters. The number of aryl methyl sites for hydroxylation is 1. The first kappa shape index (κ1) is 10.7. The van der Waals surface area contributed by atoms with E-state index in [1.165, 1.54) is 0 Å². The molecule has 0 saturated heterocycles. The number of fused-ring (bicyclic) bond motifs is 1. The minimum absolute atomic E-state index is 0.598. The smallest absolute Gasteiger partial charge is 0.212 e. The van der Waals surface area contributed by atoms with Gasteiger partial charge in [0.05, 0.1) is 18.4 Å². The molecule has 0 N–H and O–H groups in total. The van der Waals surface area contributed by atoms with Gasteiger partial charge in [-0.05, 0) is 19.1 Å². The monoisotopic (exact) mass is 240 g/mol. The van der Waals surface area contributed by atoms with Crippen molar-refractivity contribution in [3.63, 3.8) is 0 Å². The van der Waals surface area contributed by atoms with Gasteiger partial charge in [0.2, 0.25) is 5.88 Å². The quantitative estimate of drug-likeness (QED) is 0.688. The summed E-state index contributed by atoms with van der Waals surface area (Å²) < 4.78 is 6.83. The van der Waals surface area contributed by atoms with Gasteiger partial charge in [-0.25, -0.2) is 14.5 Å². The van der Waals surface area contributed by atoms with Crippen molar-refractivity contribution in [3.8, 4) is 17.0 Å². The maximum atomic E-state index is 5.06. The fourth-order valence-corrected chi connectivity index (χ4v) is 1.98. The summed E-state index contributed by atoms with van der Waals surface area (Å²) in [6, 6.07) is 5.65. The summed E-state index contributed by atoms with van der Waals surface area (Å²) in [5.41, 5.74) is 3.76. The van der Waals surface area contributed by atoms with Gasteiger partial charge in [0.1, 0.15) is 0 Å². The Morgan fingerprint density at radius 2 is 2.11 bits per heavy atom. The highest BCUT2D eigenvalue weighted by molar-refractivity contribution is 5.79. The van der Waals surface area contributed by atoms with Crippen molar-refractivity contribution in [2.24, 2.45) is 0 Å². The van der Waals surface area contributed by atoms with E-state index in [1.54, 1.807) is 24.0 Å². The van der Waals surface area contributed by atoms with Gasteiger partial charge in [0.15, 0.2) is 5.65 Å². The highest BCUT2D eigenvalue weighted by atomic mass is 16.5. The zero-order valence-corrected chi connectivity index (χ0v) is 10.2. The molecule has 5 nitrogen and oxygen atoms in total. The molecule has 5 heteroatoms. The van der Waals surface area contributed by atoms with Crippen LogP contribution in [0.2, 0.25) is 0 Å². The lowest BCUT2D eigenvalue weighted by Gasteiger charge is -2.01. The molecule has 0 aliphatic carbocycles. The number of hydrogen-bond donors (Lipinski definition) is 0. The SMILES string of the molecule is COc1ccc(-c2c(C)nn3cccnc23)cn1. The molecule has 0 aromatic carbocycles. The Hall–Kier alpha value is -2.43. The number of aromatic nitrogens is 4. The normalized spacial score (nSPS) is 10.8. The van der Waals surface area contributed by atoms with Crippen molar-refractivity contribution in [1.82, 2.24) is 19.6 Å². The Kier molecular flexibility index (Phi) is 2.44. The van der Waals surface area contributed by atoms with E-state index in [0.717, 1.165) is 22.5 Å². The largest absolute Gasteiger partial charge is 0.481 e. The second-order valence-corrected chi connectivity index (χ2v) is 3.94. The zero-order chi connectivity index (χ0) is 12.5. The van der Waals surface area contributed by atoms with Crippen LogP contribution < -0.4 is 4.74 Å². The van der Waals surface area contributed by atoms with E-state index in [9.17, 15) is 0 Å². The van der Waals surface area contributed by atoms with Crippen LogP contribution in [-0.2, 0) is 0 Å². The number of hydrogen-bond acceptors (Lipinski definition) is 4.